The highest BCUT2D eigenvalue weighted by Crippen LogP contribution is 2.27. The van der Waals surface area contributed by atoms with Crippen molar-refractivity contribution in [1.29, 1.82) is 0 Å². The fraction of sp³-hybridized carbons (Fsp3) is 0.769. The molecule has 1 saturated carbocycles. The number of nitrogens with zero attached hydrogens (tertiary/aromatic N) is 2. The molecule has 2 atom stereocenters. The molecule has 96 valence electrons. The molecule has 1 heterocycles. The molecule has 0 spiro atoms. The standard InChI is InChI=1S/C13H23N3S/c1-10-4-3-5-12(6-10)16(2)8-11-9-17-13(7-14)15-11/h9-10,12H,3-8,14H2,1-2H3. The molecule has 4 heteroatoms. The van der Waals surface area contributed by atoms with Crippen molar-refractivity contribution in [2.24, 2.45) is 11.7 Å². The largest absolute Gasteiger partial charge is 0.325 e. The summed E-state index contributed by atoms with van der Waals surface area (Å²) in [6.07, 6.45) is 5.46. The highest BCUT2D eigenvalue weighted by atomic mass is 32.1. The fourth-order valence-corrected chi connectivity index (χ4v) is 3.37. The fourth-order valence-electron chi connectivity index (χ4n) is 2.70. The molecule has 0 bridgehead atoms. The van der Waals surface area contributed by atoms with Crippen LogP contribution in [0.4, 0.5) is 0 Å². The number of aromatic nitrogens is 1. The minimum Gasteiger partial charge on any atom is -0.325 e. The van der Waals surface area contributed by atoms with Gasteiger partial charge in [0.2, 0.25) is 0 Å². The molecule has 2 unspecified atom stereocenters. The molecule has 0 aliphatic heterocycles. The van der Waals surface area contributed by atoms with E-state index in [1.165, 1.54) is 31.4 Å². The van der Waals surface area contributed by atoms with Crippen LogP contribution in [0.15, 0.2) is 5.38 Å². The van der Waals surface area contributed by atoms with E-state index >= 15 is 0 Å². The van der Waals surface area contributed by atoms with Crippen molar-refractivity contribution in [3.05, 3.63) is 16.1 Å². The van der Waals surface area contributed by atoms with Crippen LogP contribution in [0.25, 0.3) is 0 Å². The van der Waals surface area contributed by atoms with Crippen molar-refractivity contribution in [3.63, 3.8) is 0 Å². The van der Waals surface area contributed by atoms with Crippen LogP contribution in [0, 0.1) is 5.92 Å². The third-order valence-corrected chi connectivity index (χ3v) is 4.64. The lowest BCUT2D eigenvalue weighted by molar-refractivity contribution is 0.156. The van der Waals surface area contributed by atoms with E-state index in [1.807, 2.05) is 0 Å². The summed E-state index contributed by atoms with van der Waals surface area (Å²) in [4.78, 5) is 7.00. The number of hydrogen-bond donors (Lipinski definition) is 1. The second-order valence-electron chi connectivity index (χ2n) is 5.28. The first kappa shape index (κ1) is 13.0. The smallest absolute Gasteiger partial charge is 0.106 e. The quantitative estimate of drug-likeness (QED) is 0.897. The minimum atomic E-state index is 0.564. The maximum Gasteiger partial charge on any atom is 0.106 e. The highest BCUT2D eigenvalue weighted by Gasteiger charge is 2.22. The van der Waals surface area contributed by atoms with Gasteiger partial charge in [-0.05, 0) is 25.8 Å². The maximum absolute atomic E-state index is 5.59. The lowest BCUT2D eigenvalue weighted by Gasteiger charge is -2.33. The third kappa shape index (κ3) is 3.50. The van der Waals surface area contributed by atoms with Crippen molar-refractivity contribution >= 4 is 11.3 Å². The molecule has 1 aliphatic carbocycles. The average Bonchev–Trinajstić information content (AvgIpc) is 2.77. The van der Waals surface area contributed by atoms with Gasteiger partial charge in [0.05, 0.1) is 5.69 Å². The van der Waals surface area contributed by atoms with E-state index in [0.29, 0.717) is 6.54 Å². The molecule has 2 N–H and O–H groups in total. The third-order valence-electron chi connectivity index (χ3n) is 3.72. The molecule has 1 aromatic heterocycles. The molecule has 0 aromatic carbocycles. The first-order valence-electron chi connectivity index (χ1n) is 6.52. The van der Waals surface area contributed by atoms with Gasteiger partial charge in [-0.3, -0.25) is 4.90 Å². The summed E-state index contributed by atoms with van der Waals surface area (Å²) in [6, 6.07) is 0.738. The minimum absolute atomic E-state index is 0.564. The monoisotopic (exact) mass is 253 g/mol. The molecule has 3 nitrogen and oxygen atoms in total. The predicted molar refractivity (Wildman–Crippen MR) is 72.9 cm³/mol. The molecule has 1 aromatic rings. The normalized spacial score (nSPS) is 25.4. The molecule has 17 heavy (non-hydrogen) atoms. The summed E-state index contributed by atoms with van der Waals surface area (Å²) in [6.45, 7) is 3.90. The van der Waals surface area contributed by atoms with Crippen LogP contribution >= 0.6 is 11.3 Å². The van der Waals surface area contributed by atoms with Gasteiger partial charge in [0.1, 0.15) is 5.01 Å². The lowest BCUT2D eigenvalue weighted by Crippen LogP contribution is -2.35. The van der Waals surface area contributed by atoms with Crippen LogP contribution in [0.3, 0.4) is 0 Å². The number of nitrogens with two attached hydrogens (primary N) is 1. The van der Waals surface area contributed by atoms with E-state index in [-0.39, 0.29) is 0 Å². The molecule has 0 radical (unpaired) electrons. The van der Waals surface area contributed by atoms with Crippen LogP contribution in [-0.2, 0) is 13.1 Å². The molecule has 0 amide bonds. The molecule has 2 rings (SSSR count). The summed E-state index contributed by atoms with van der Waals surface area (Å²) in [5.74, 6) is 0.881. The summed E-state index contributed by atoms with van der Waals surface area (Å²) >= 11 is 1.68. The van der Waals surface area contributed by atoms with Gasteiger partial charge in [0, 0.05) is 24.5 Å². The average molecular weight is 253 g/mol. The second-order valence-corrected chi connectivity index (χ2v) is 6.22. The lowest BCUT2D eigenvalue weighted by atomic mass is 9.86. The predicted octanol–water partition coefficient (Wildman–Crippen LogP) is 2.61. The van der Waals surface area contributed by atoms with Gasteiger partial charge in [-0.25, -0.2) is 4.98 Å². The Morgan fingerprint density at radius 3 is 3.00 bits per heavy atom. The maximum atomic E-state index is 5.59. The molecular formula is C13H23N3S. The number of hydrogen-bond acceptors (Lipinski definition) is 4. The number of rotatable bonds is 4. The van der Waals surface area contributed by atoms with Crippen molar-refractivity contribution in [2.45, 2.75) is 51.7 Å². The van der Waals surface area contributed by atoms with Crippen molar-refractivity contribution in [2.75, 3.05) is 7.05 Å². The molecule has 0 saturated heterocycles. The Labute approximate surface area is 108 Å². The van der Waals surface area contributed by atoms with E-state index in [1.54, 1.807) is 11.3 Å². The van der Waals surface area contributed by atoms with E-state index in [2.05, 4.69) is 29.2 Å². The Kier molecular flexibility index (Phi) is 4.54. The van der Waals surface area contributed by atoms with Gasteiger partial charge in [-0.1, -0.05) is 19.8 Å². The van der Waals surface area contributed by atoms with Crippen LogP contribution in [-0.4, -0.2) is 23.0 Å². The van der Waals surface area contributed by atoms with Gasteiger partial charge in [0.25, 0.3) is 0 Å². The first-order valence-corrected chi connectivity index (χ1v) is 7.40. The Morgan fingerprint density at radius 1 is 1.53 bits per heavy atom. The first-order chi connectivity index (χ1) is 8.19. The molecule has 1 aliphatic rings. The topological polar surface area (TPSA) is 42.1 Å². The van der Waals surface area contributed by atoms with Gasteiger partial charge in [-0.15, -0.1) is 11.3 Å². The zero-order valence-electron chi connectivity index (χ0n) is 10.9. The van der Waals surface area contributed by atoms with Crippen LogP contribution < -0.4 is 5.73 Å². The Morgan fingerprint density at radius 2 is 2.35 bits per heavy atom. The van der Waals surface area contributed by atoms with Crippen molar-refractivity contribution < 1.29 is 0 Å². The number of thiazole rings is 1. The van der Waals surface area contributed by atoms with E-state index in [0.717, 1.165) is 23.5 Å². The van der Waals surface area contributed by atoms with Gasteiger partial charge in [0.15, 0.2) is 0 Å². The SMILES string of the molecule is CC1CCCC(N(C)Cc2csc(CN)n2)C1. The molecular weight excluding hydrogens is 230 g/mol. The summed E-state index contributed by atoms with van der Waals surface area (Å²) in [5, 5.41) is 3.19. The molecule has 1 fully saturated rings. The van der Waals surface area contributed by atoms with Crippen LogP contribution in [0.2, 0.25) is 0 Å². The summed E-state index contributed by atoms with van der Waals surface area (Å²) < 4.78 is 0. The Hall–Kier alpha value is -0.450. The van der Waals surface area contributed by atoms with Crippen LogP contribution in [0.1, 0.15) is 43.3 Å². The van der Waals surface area contributed by atoms with Crippen molar-refractivity contribution in [1.82, 2.24) is 9.88 Å². The van der Waals surface area contributed by atoms with E-state index in [9.17, 15) is 0 Å². The van der Waals surface area contributed by atoms with E-state index < -0.39 is 0 Å². The summed E-state index contributed by atoms with van der Waals surface area (Å²) in [5.41, 5.74) is 6.77. The zero-order chi connectivity index (χ0) is 12.3. The van der Waals surface area contributed by atoms with Gasteiger partial charge in [-0.2, -0.15) is 0 Å². The Bertz CT molecular complexity index is 350. The summed E-state index contributed by atoms with van der Waals surface area (Å²) in [7, 11) is 2.23. The Balaban J connectivity index is 1.89. The van der Waals surface area contributed by atoms with Gasteiger partial charge >= 0.3 is 0 Å². The van der Waals surface area contributed by atoms with Crippen molar-refractivity contribution in [3.8, 4) is 0 Å². The second kappa shape index (κ2) is 5.94. The van der Waals surface area contributed by atoms with E-state index in [4.69, 9.17) is 5.73 Å². The zero-order valence-corrected chi connectivity index (χ0v) is 11.7. The highest BCUT2D eigenvalue weighted by molar-refractivity contribution is 7.09. The van der Waals surface area contributed by atoms with Gasteiger partial charge < -0.3 is 5.73 Å². The van der Waals surface area contributed by atoms with Crippen LogP contribution in [0.5, 0.6) is 0 Å².